The molecule has 4 aromatic carbocycles. The Morgan fingerprint density at radius 3 is 2.41 bits per heavy atom. The highest BCUT2D eigenvalue weighted by atomic mass is 19.1. The molecule has 0 spiro atoms. The maximum atomic E-state index is 15.4. The van der Waals surface area contributed by atoms with Gasteiger partial charge in [0.25, 0.3) is 0 Å². The first-order valence-electron chi connectivity index (χ1n) is 12.1. The molecule has 0 aliphatic rings. The SMILES string of the molecule is Cc1c2ccccc2c(CC(C)C)c2c1c1c3c(ccc4c5c(F)cccc5n2c43)cc[n+]1C. The van der Waals surface area contributed by atoms with E-state index >= 15 is 4.39 Å². The molecule has 3 aromatic heterocycles. The summed E-state index contributed by atoms with van der Waals surface area (Å²) in [6.07, 6.45) is 3.12. The maximum Gasteiger partial charge on any atom is 0.224 e. The van der Waals surface area contributed by atoms with Crippen LogP contribution >= 0.6 is 0 Å². The van der Waals surface area contributed by atoms with Gasteiger partial charge in [0.1, 0.15) is 12.9 Å². The lowest BCUT2D eigenvalue weighted by atomic mass is 9.89. The van der Waals surface area contributed by atoms with Crippen LogP contribution in [0.4, 0.5) is 4.39 Å². The van der Waals surface area contributed by atoms with Gasteiger partial charge in [0.05, 0.1) is 27.3 Å². The van der Waals surface area contributed by atoms with Crippen LogP contribution in [0.3, 0.4) is 0 Å². The molecular formula is C31H26FN2+. The van der Waals surface area contributed by atoms with Crippen LogP contribution in [0, 0.1) is 18.7 Å². The first-order chi connectivity index (χ1) is 16.5. The molecule has 0 amide bonds. The average Bonchev–Trinajstić information content (AvgIpc) is 3.17. The molecule has 2 nitrogen and oxygen atoms in total. The zero-order chi connectivity index (χ0) is 23.3. The summed E-state index contributed by atoms with van der Waals surface area (Å²) in [4.78, 5) is 0. The molecule has 0 aliphatic heterocycles. The van der Waals surface area contributed by atoms with Gasteiger partial charge in [-0.05, 0) is 58.7 Å². The highest BCUT2D eigenvalue weighted by Crippen LogP contribution is 2.44. The predicted octanol–water partition coefficient (Wildman–Crippen LogP) is 7.61. The summed E-state index contributed by atoms with van der Waals surface area (Å²) in [6.45, 7) is 6.81. The van der Waals surface area contributed by atoms with Crippen molar-refractivity contribution in [2.75, 3.05) is 0 Å². The average molecular weight is 446 g/mol. The van der Waals surface area contributed by atoms with Crippen molar-refractivity contribution in [3.05, 3.63) is 83.8 Å². The number of halogens is 1. The van der Waals surface area contributed by atoms with Gasteiger partial charge < -0.3 is 4.40 Å². The smallest absolute Gasteiger partial charge is 0.224 e. The predicted molar refractivity (Wildman–Crippen MR) is 141 cm³/mol. The molecule has 0 unspecified atom stereocenters. The number of hydrogen-bond acceptors (Lipinski definition) is 0. The van der Waals surface area contributed by atoms with Crippen LogP contribution in [0.2, 0.25) is 0 Å². The Labute approximate surface area is 197 Å². The van der Waals surface area contributed by atoms with E-state index in [1.807, 2.05) is 6.07 Å². The monoisotopic (exact) mass is 445 g/mol. The normalized spacial score (nSPS) is 12.6. The van der Waals surface area contributed by atoms with E-state index in [0.717, 1.165) is 22.8 Å². The van der Waals surface area contributed by atoms with Crippen molar-refractivity contribution in [3.63, 3.8) is 0 Å². The summed E-state index contributed by atoms with van der Waals surface area (Å²) in [5.41, 5.74) is 7.14. The summed E-state index contributed by atoms with van der Waals surface area (Å²) < 4.78 is 20.0. The number of aromatic nitrogens is 2. The van der Waals surface area contributed by atoms with Crippen molar-refractivity contribution in [2.24, 2.45) is 13.0 Å². The number of pyridine rings is 2. The summed E-state index contributed by atoms with van der Waals surface area (Å²) in [7, 11) is 2.13. The molecular weight excluding hydrogens is 419 g/mol. The molecule has 7 aromatic rings. The lowest BCUT2D eigenvalue weighted by molar-refractivity contribution is -0.643. The zero-order valence-electron chi connectivity index (χ0n) is 19.9. The summed E-state index contributed by atoms with van der Waals surface area (Å²) in [6, 6.07) is 20.7. The minimum Gasteiger partial charge on any atom is -0.307 e. The fourth-order valence-corrected chi connectivity index (χ4v) is 6.31. The quantitative estimate of drug-likeness (QED) is 0.147. The van der Waals surface area contributed by atoms with Crippen molar-refractivity contribution in [2.45, 2.75) is 27.2 Å². The van der Waals surface area contributed by atoms with Crippen molar-refractivity contribution < 1.29 is 8.96 Å². The molecule has 0 N–H and O–H groups in total. The van der Waals surface area contributed by atoms with E-state index in [0.29, 0.717) is 11.3 Å². The largest absolute Gasteiger partial charge is 0.307 e. The zero-order valence-corrected chi connectivity index (χ0v) is 19.9. The van der Waals surface area contributed by atoms with Gasteiger partial charge in [0, 0.05) is 16.8 Å². The third-order valence-corrected chi connectivity index (χ3v) is 7.63. The molecule has 0 saturated carbocycles. The number of fused-ring (bicyclic) bond motifs is 7. The number of rotatable bonds is 2. The van der Waals surface area contributed by atoms with Crippen LogP contribution in [-0.2, 0) is 13.5 Å². The number of nitrogens with zero attached hydrogens (tertiary/aromatic N) is 2. The molecule has 0 aliphatic carbocycles. The molecule has 3 heteroatoms. The van der Waals surface area contributed by atoms with Crippen LogP contribution in [0.5, 0.6) is 0 Å². The molecule has 0 atom stereocenters. The minimum absolute atomic E-state index is 0.158. The van der Waals surface area contributed by atoms with Crippen molar-refractivity contribution >= 4 is 59.8 Å². The third-order valence-electron chi connectivity index (χ3n) is 7.63. The summed E-state index contributed by atoms with van der Waals surface area (Å²) >= 11 is 0. The molecule has 0 bridgehead atoms. The van der Waals surface area contributed by atoms with Crippen molar-refractivity contribution in [1.82, 2.24) is 4.40 Å². The molecule has 0 radical (unpaired) electrons. The van der Waals surface area contributed by atoms with Gasteiger partial charge >= 0.3 is 0 Å². The van der Waals surface area contributed by atoms with E-state index in [1.54, 1.807) is 6.07 Å². The van der Waals surface area contributed by atoms with E-state index in [4.69, 9.17) is 0 Å². The highest BCUT2D eigenvalue weighted by Gasteiger charge is 2.27. The molecule has 166 valence electrons. The van der Waals surface area contributed by atoms with Crippen molar-refractivity contribution in [1.29, 1.82) is 0 Å². The summed E-state index contributed by atoms with van der Waals surface area (Å²) in [5, 5.41) is 7.96. The Hall–Kier alpha value is -3.72. The van der Waals surface area contributed by atoms with Crippen molar-refractivity contribution in [3.8, 4) is 0 Å². The number of aryl methyl sites for hydroxylation is 2. The number of benzene rings is 4. The lowest BCUT2D eigenvalue weighted by Gasteiger charge is -2.20. The van der Waals surface area contributed by atoms with Crippen LogP contribution in [0.25, 0.3) is 59.8 Å². The fraction of sp³-hybridized carbons (Fsp3) is 0.194. The van der Waals surface area contributed by atoms with Gasteiger partial charge in [0.15, 0.2) is 6.20 Å². The van der Waals surface area contributed by atoms with E-state index in [2.05, 4.69) is 91.5 Å². The molecule has 7 rings (SSSR count). The second kappa shape index (κ2) is 6.66. The van der Waals surface area contributed by atoms with Gasteiger partial charge in [-0.25, -0.2) is 8.96 Å². The molecule has 0 fully saturated rings. The Morgan fingerprint density at radius 2 is 1.62 bits per heavy atom. The first-order valence-corrected chi connectivity index (χ1v) is 12.1. The second-order valence-electron chi connectivity index (χ2n) is 10.1. The fourth-order valence-electron chi connectivity index (χ4n) is 6.31. The minimum atomic E-state index is -0.158. The Bertz CT molecular complexity index is 1940. The Balaban J connectivity index is 1.97. The standard InChI is InChI=1S/C31H26FN2/c1-17(2)16-23-21-9-6-5-8-20(21)18(3)26-30(23)34-25-11-7-10-24(32)28(25)22-13-12-19-14-15-33(4)31(26)27(19)29(22)34/h5-15,17H,16H2,1-4H3/q+1. The van der Waals surface area contributed by atoms with E-state index in [9.17, 15) is 0 Å². The van der Waals surface area contributed by atoms with E-state index in [1.165, 1.54) is 49.1 Å². The third kappa shape index (κ3) is 2.32. The highest BCUT2D eigenvalue weighted by molar-refractivity contribution is 6.29. The molecule has 3 heterocycles. The van der Waals surface area contributed by atoms with Gasteiger partial charge in [0.2, 0.25) is 5.52 Å². The van der Waals surface area contributed by atoms with Gasteiger partial charge in [-0.15, -0.1) is 0 Å². The van der Waals surface area contributed by atoms with Crippen LogP contribution < -0.4 is 4.57 Å². The molecule has 0 saturated heterocycles. The van der Waals surface area contributed by atoms with Crippen LogP contribution in [0.15, 0.2) is 66.9 Å². The van der Waals surface area contributed by atoms with Gasteiger partial charge in [-0.1, -0.05) is 56.3 Å². The van der Waals surface area contributed by atoms with Gasteiger partial charge in [-0.2, -0.15) is 0 Å². The molecule has 34 heavy (non-hydrogen) atoms. The Kier molecular flexibility index (Phi) is 3.87. The Morgan fingerprint density at radius 1 is 0.824 bits per heavy atom. The van der Waals surface area contributed by atoms with Crippen LogP contribution in [0.1, 0.15) is 25.0 Å². The van der Waals surface area contributed by atoms with Gasteiger partial charge in [-0.3, -0.25) is 0 Å². The first kappa shape index (κ1) is 19.7. The van der Waals surface area contributed by atoms with E-state index in [-0.39, 0.29) is 5.82 Å². The topological polar surface area (TPSA) is 8.29 Å². The maximum absolute atomic E-state index is 15.4. The summed E-state index contributed by atoms with van der Waals surface area (Å²) in [5.74, 6) is 0.333. The van der Waals surface area contributed by atoms with Crippen LogP contribution in [-0.4, -0.2) is 4.40 Å². The second-order valence-corrected chi connectivity index (χ2v) is 10.1. The lowest BCUT2D eigenvalue weighted by Crippen LogP contribution is -2.29. The number of hydrogen-bond donors (Lipinski definition) is 0. The van der Waals surface area contributed by atoms with E-state index < -0.39 is 0 Å².